The molecule has 27 heavy (non-hydrogen) atoms. The molecule has 0 saturated carbocycles. The van der Waals surface area contributed by atoms with Crippen LogP contribution in [0.2, 0.25) is 0 Å². The van der Waals surface area contributed by atoms with Gasteiger partial charge in [0.1, 0.15) is 5.82 Å². The number of para-hydroxylation sites is 1. The quantitative estimate of drug-likeness (QED) is 0.573. The van der Waals surface area contributed by atoms with Crippen molar-refractivity contribution < 1.29 is 14.0 Å². The molecule has 0 aliphatic carbocycles. The Morgan fingerprint density at radius 3 is 2.33 bits per heavy atom. The molecule has 2 heterocycles. The standard InChI is InChI=1S/C21H20FN3O2/c1-14-19(17-4-2-3-5-18(17)23-14)20(26)21(27)25-12-10-24(11-13-25)16-8-6-15(22)7-9-16/h2-9,23H,10-13H2,1H3. The van der Waals surface area contributed by atoms with Gasteiger partial charge in [0.2, 0.25) is 0 Å². The Hall–Kier alpha value is -3.15. The van der Waals surface area contributed by atoms with Crippen LogP contribution in [-0.4, -0.2) is 47.8 Å². The fourth-order valence-electron chi connectivity index (χ4n) is 3.64. The van der Waals surface area contributed by atoms with E-state index in [1.807, 2.05) is 31.2 Å². The molecule has 6 heteroatoms. The summed E-state index contributed by atoms with van der Waals surface area (Å²) in [4.78, 5) is 32.5. The Bertz CT molecular complexity index is 1000. The number of aryl methyl sites for hydroxylation is 1. The first-order chi connectivity index (χ1) is 13.0. The highest BCUT2D eigenvalue weighted by molar-refractivity contribution is 6.45. The van der Waals surface area contributed by atoms with Crippen LogP contribution in [0, 0.1) is 12.7 Å². The Labute approximate surface area is 156 Å². The van der Waals surface area contributed by atoms with E-state index in [0.29, 0.717) is 37.4 Å². The van der Waals surface area contributed by atoms with Crippen molar-refractivity contribution in [1.82, 2.24) is 9.88 Å². The normalized spacial score (nSPS) is 14.6. The number of ketones is 1. The lowest BCUT2D eigenvalue weighted by Crippen LogP contribution is -2.50. The second-order valence-electron chi connectivity index (χ2n) is 6.76. The molecule has 2 aromatic carbocycles. The molecular weight excluding hydrogens is 345 g/mol. The molecule has 0 spiro atoms. The Morgan fingerprint density at radius 2 is 1.63 bits per heavy atom. The van der Waals surface area contributed by atoms with Gasteiger partial charge in [-0.25, -0.2) is 4.39 Å². The molecule has 1 aromatic heterocycles. The summed E-state index contributed by atoms with van der Waals surface area (Å²) in [6.07, 6.45) is 0. The number of carbonyl (C=O) groups is 2. The number of nitrogens with one attached hydrogen (secondary N) is 1. The van der Waals surface area contributed by atoms with Crippen molar-refractivity contribution in [2.24, 2.45) is 0 Å². The number of aromatic amines is 1. The van der Waals surface area contributed by atoms with E-state index < -0.39 is 11.7 Å². The number of aromatic nitrogens is 1. The van der Waals surface area contributed by atoms with Crippen molar-refractivity contribution in [1.29, 1.82) is 0 Å². The van der Waals surface area contributed by atoms with E-state index in [4.69, 9.17) is 0 Å². The molecule has 0 unspecified atom stereocenters. The minimum atomic E-state index is -0.472. The number of hydrogen-bond acceptors (Lipinski definition) is 3. The van der Waals surface area contributed by atoms with Crippen LogP contribution < -0.4 is 4.90 Å². The maximum Gasteiger partial charge on any atom is 0.295 e. The molecule has 5 nitrogen and oxygen atoms in total. The summed E-state index contributed by atoms with van der Waals surface area (Å²) in [5.74, 6) is -1.21. The van der Waals surface area contributed by atoms with Crippen LogP contribution in [0.3, 0.4) is 0 Å². The lowest BCUT2D eigenvalue weighted by Gasteiger charge is -2.35. The predicted molar refractivity (Wildman–Crippen MR) is 103 cm³/mol. The minimum Gasteiger partial charge on any atom is -0.368 e. The zero-order valence-electron chi connectivity index (χ0n) is 15.0. The highest BCUT2D eigenvalue weighted by Gasteiger charge is 2.29. The molecule has 1 amide bonds. The first kappa shape index (κ1) is 17.3. The molecular formula is C21H20FN3O2. The molecule has 1 fully saturated rings. The van der Waals surface area contributed by atoms with Gasteiger partial charge in [0.05, 0.1) is 5.56 Å². The van der Waals surface area contributed by atoms with Crippen LogP contribution in [0.1, 0.15) is 16.1 Å². The zero-order chi connectivity index (χ0) is 19.0. The second-order valence-corrected chi connectivity index (χ2v) is 6.76. The summed E-state index contributed by atoms with van der Waals surface area (Å²) >= 11 is 0. The second kappa shape index (κ2) is 6.87. The molecule has 1 saturated heterocycles. The molecule has 1 N–H and O–H groups in total. The predicted octanol–water partition coefficient (Wildman–Crippen LogP) is 3.15. The number of Topliss-reactive ketones (excluding diaryl/α,β-unsaturated/α-hetero) is 1. The maximum atomic E-state index is 13.1. The molecule has 0 atom stereocenters. The van der Waals surface area contributed by atoms with Crippen molar-refractivity contribution in [2.75, 3.05) is 31.1 Å². The van der Waals surface area contributed by atoms with E-state index >= 15 is 0 Å². The van der Waals surface area contributed by atoms with Crippen LogP contribution in [-0.2, 0) is 4.79 Å². The number of fused-ring (bicyclic) bond motifs is 1. The van der Waals surface area contributed by atoms with E-state index in [9.17, 15) is 14.0 Å². The summed E-state index contributed by atoms with van der Waals surface area (Å²) in [6.45, 7) is 3.95. The summed E-state index contributed by atoms with van der Waals surface area (Å²) < 4.78 is 13.1. The highest BCUT2D eigenvalue weighted by Crippen LogP contribution is 2.23. The lowest BCUT2D eigenvalue weighted by molar-refractivity contribution is -0.126. The number of hydrogen-bond donors (Lipinski definition) is 1. The lowest BCUT2D eigenvalue weighted by atomic mass is 10.1. The van der Waals surface area contributed by atoms with Crippen LogP contribution in [0.25, 0.3) is 10.9 Å². The van der Waals surface area contributed by atoms with Gasteiger partial charge in [-0.3, -0.25) is 9.59 Å². The maximum absolute atomic E-state index is 13.1. The van der Waals surface area contributed by atoms with Gasteiger partial charge in [0.25, 0.3) is 11.7 Å². The third-order valence-corrected chi connectivity index (χ3v) is 5.07. The molecule has 0 bridgehead atoms. The van der Waals surface area contributed by atoms with Gasteiger partial charge in [-0.05, 0) is 37.3 Å². The Kier molecular flexibility index (Phi) is 4.39. The fraction of sp³-hybridized carbons (Fsp3) is 0.238. The van der Waals surface area contributed by atoms with Gasteiger partial charge in [0, 0.05) is 48.5 Å². The number of nitrogens with zero attached hydrogens (tertiary/aromatic N) is 2. The number of anilines is 1. The van der Waals surface area contributed by atoms with Gasteiger partial charge in [0.15, 0.2) is 0 Å². The molecule has 1 aliphatic heterocycles. The van der Waals surface area contributed by atoms with Crippen LogP contribution in [0.4, 0.5) is 10.1 Å². The summed E-state index contributed by atoms with van der Waals surface area (Å²) in [5, 5.41) is 0.776. The van der Waals surface area contributed by atoms with E-state index in [-0.39, 0.29) is 5.82 Å². The van der Waals surface area contributed by atoms with Crippen molar-refractivity contribution in [3.63, 3.8) is 0 Å². The number of piperazine rings is 1. The summed E-state index contributed by atoms with van der Waals surface area (Å²) in [7, 11) is 0. The number of H-pyrrole nitrogens is 1. The largest absolute Gasteiger partial charge is 0.368 e. The van der Waals surface area contributed by atoms with Gasteiger partial charge >= 0.3 is 0 Å². The van der Waals surface area contributed by atoms with E-state index in [2.05, 4.69) is 9.88 Å². The van der Waals surface area contributed by atoms with Crippen molar-refractivity contribution in [3.8, 4) is 0 Å². The SMILES string of the molecule is Cc1[nH]c2ccccc2c1C(=O)C(=O)N1CCN(c2ccc(F)cc2)CC1. The third kappa shape index (κ3) is 3.18. The molecule has 1 aliphatic rings. The fourth-order valence-corrected chi connectivity index (χ4v) is 3.64. The van der Waals surface area contributed by atoms with Crippen LogP contribution in [0.15, 0.2) is 48.5 Å². The number of amides is 1. The minimum absolute atomic E-state index is 0.271. The third-order valence-electron chi connectivity index (χ3n) is 5.07. The van der Waals surface area contributed by atoms with Gasteiger partial charge in [-0.15, -0.1) is 0 Å². The van der Waals surface area contributed by atoms with Crippen molar-refractivity contribution >= 4 is 28.3 Å². The number of carbonyl (C=O) groups excluding carboxylic acids is 2. The van der Waals surface area contributed by atoms with E-state index in [1.165, 1.54) is 12.1 Å². The molecule has 4 rings (SSSR count). The van der Waals surface area contributed by atoms with Gasteiger partial charge in [-0.1, -0.05) is 18.2 Å². The van der Waals surface area contributed by atoms with E-state index in [0.717, 1.165) is 16.6 Å². The van der Waals surface area contributed by atoms with E-state index in [1.54, 1.807) is 17.0 Å². The molecule has 138 valence electrons. The monoisotopic (exact) mass is 365 g/mol. The van der Waals surface area contributed by atoms with Crippen LogP contribution in [0.5, 0.6) is 0 Å². The zero-order valence-corrected chi connectivity index (χ0v) is 15.0. The van der Waals surface area contributed by atoms with Gasteiger partial charge in [-0.2, -0.15) is 0 Å². The summed E-state index contributed by atoms with van der Waals surface area (Å²) in [5.41, 5.74) is 2.94. The van der Waals surface area contributed by atoms with Crippen LogP contribution >= 0.6 is 0 Å². The van der Waals surface area contributed by atoms with Crippen molar-refractivity contribution in [3.05, 3.63) is 65.6 Å². The van der Waals surface area contributed by atoms with Gasteiger partial charge < -0.3 is 14.8 Å². The first-order valence-electron chi connectivity index (χ1n) is 8.96. The number of halogens is 1. The number of rotatable bonds is 3. The average molecular weight is 365 g/mol. The average Bonchev–Trinajstić information content (AvgIpc) is 3.03. The molecule has 0 radical (unpaired) electrons. The molecule has 3 aromatic rings. The highest BCUT2D eigenvalue weighted by atomic mass is 19.1. The number of benzene rings is 2. The topological polar surface area (TPSA) is 56.4 Å². The van der Waals surface area contributed by atoms with Crippen molar-refractivity contribution in [2.45, 2.75) is 6.92 Å². The first-order valence-corrected chi connectivity index (χ1v) is 8.96. The Morgan fingerprint density at radius 1 is 0.963 bits per heavy atom. The smallest absolute Gasteiger partial charge is 0.295 e. The summed E-state index contributed by atoms with van der Waals surface area (Å²) in [6, 6.07) is 13.8. The Balaban J connectivity index is 1.48.